The van der Waals surface area contributed by atoms with Crippen molar-refractivity contribution in [1.82, 2.24) is 15.0 Å². The standard InChI is InChI=1S/C16H22N4O2.2ClH/c1-11(2)13(17)6-9-20(3)16(21)14-10-15(22-19-14)12-4-7-18-8-5-12;;/h4-5,7-8,10-11,13H,6,9,17H2,1-3H3;2*1H. The highest BCUT2D eigenvalue weighted by Gasteiger charge is 2.18. The molecule has 134 valence electrons. The number of carbonyl (C=O) groups excluding carboxylic acids is 1. The van der Waals surface area contributed by atoms with E-state index in [4.69, 9.17) is 10.3 Å². The first-order valence-corrected chi connectivity index (χ1v) is 7.37. The molecule has 0 saturated heterocycles. The van der Waals surface area contributed by atoms with E-state index in [0.29, 0.717) is 23.9 Å². The van der Waals surface area contributed by atoms with Crippen LogP contribution < -0.4 is 5.73 Å². The van der Waals surface area contributed by atoms with Crippen LogP contribution >= 0.6 is 24.8 Å². The number of halogens is 2. The number of rotatable bonds is 6. The fourth-order valence-corrected chi connectivity index (χ4v) is 2.00. The van der Waals surface area contributed by atoms with E-state index < -0.39 is 0 Å². The maximum Gasteiger partial charge on any atom is 0.275 e. The molecular formula is C16H24Cl2N4O2. The van der Waals surface area contributed by atoms with E-state index in [1.807, 2.05) is 0 Å². The quantitative estimate of drug-likeness (QED) is 0.839. The van der Waals surface area contributed by atoms with Crippen LogP contribution in [0.4, 0.5) is 0 Å². The van der Waals surface area contributed by atoms with Gasteiger partial charge in [0.1, 0.15) is 0 Å². The van der Waals surface area contributed by atoms with E-state index in [0.717, 1.165) is 12.0 Å². The van der Waals surface area contributed by atoms with Crippen LogP contribution in [0, 0.1) is 5.92 Å². The van der Waals surface area contributed by atoms with Crippen LogP contribution in [-0.2, 0) is 0 Å². The summed E-state index contributed by atoms with van der Waals surface area (Å²) in [5.74, 6) is 0.784. The van der Waals surface area contributed by atoms with Crippen LogP contribution in [0.25, 0.3) is 11.3 Å². The fourth-order valence-electron chi connectivity index (χ4n) is 2.00. The van der Waals surface area contributed by atoms with Gasteiger partial charge in [0, 0.05) is 43.7 Å². The molecule has 24 heavy (non-hydrogen) atoms. The molecule has 2 aromatic heterocycles. The molecule has 2 aromatic rings. The Balaban J connectivity index is 0.00000264. The van der Waals surface area contributed by atoms with E-state index >= 15 is 0 Å². The molecule has 0 spiro atoms. The summed E-state index contributed by atoms with van der Waals surface area (Å²) in [4.78, 5) is 17.9. The maximum absolute atomic E-state index is 12.3. The van der Waals surface area contributed by atoms with E-state index in [-0.39, 0.29) is 36.8 Å². The van der Waals surface area contributed by atoms with Gasteiger partial charge >= 0.3 is 0 Å². The molecule has 1 amide bonds. The lowest BCUT2D eigenvalue weighted by atomic mass is 10.0. The number of hydrogen-bond acceptors (Lipinski definition) is 5. The molecule has 1 atom stereocenters. The zero-order chi connectivity index (χ0) is 16.1. The average Bonchev–Trinajstić information content (AvgIpc) is 3.02. The molecule has 0 aliphatic rings. The third kappa shape index (κ3) is 5.78. The van der Waals surface area contributed by atoms with Gasteiger partial charge in [0.2, 0.25) is 0 Å². The molecule has 8 heteroatoms. The van der Waals surface area contributed by atoms with Crippen molar-refractivity contribution in [2.75, 3.05) is 13.6 Å². The lowest BCUT2D eigenvalue weighted by Gasteiger charge is -2.20. The van der Waals surface area contributed by atoms with Crippen LogP contribution in [0.2, 0.25) is 0 Å². The number of nitrogens with two attached hydrogens (primary N) is 1. The van der Waals surface area contributed by atoms with Gasteiger partial charge in [-0.1, -0.05) is 19.0 Å². The molecule has 2 heterocycles. The summed E-state index contributed by atoms with van der Waals surface area (Å²) in [6.45, 7) is 4.74. The molecule has 2 N–H and O–H groups in total. The minimum Gasteiger partial charge on any atom is -0.355 e. The first kappa shape index (κ1) is 22.4. The van der Waals surface area contributed by atoms with E-state index in [9.17, 15) is 4.79 Å². The van der Waals surface area contributed by atoms with Gasteiger partial charge in [-0.25, -0.2) is 0 Å². The number of pyridine rings is 1. The Morgan fingerprint density at radius 3 is 2.50 bits per heavy atom. The third-order valence-electron chi connectivity index (χ3n) is 3.69. The van der Waals surface area contributed by atoms with Gasteiger partial charge in [0.15, 0.2) is 11.5 Å². The molecule has 6 nitrogen and oxygen atoms in total. The SMILES string of the molecule is CC(C)C(N)CCN(C)C(=O)c1cc(-c2ccncc2)on1.Cl.Cl. The van der Waals surface area contributed by atoms with E-state index in [1.54, 1.807) is 42.5 Å². The lowest BCUT2D eigenvalue weighted by Crippen LogP contribution is -2.34. The Kier molecular flexibility index (Phi) is 9.58. The normalized spacial score (nSPS) is 11.4. The minimum atomic E-state index is -0.167. The largest absolute Gasteiger partial charge is 0.355 e. The third-order valence-corrected chi connectivity index (χ3v) is 3.69. The smallest absolute Gasteiger partial charge is 0.275 e. The fraction of sp³-hybridized carbons (Fsp3) is 0.438. The molecule has 0 radical (unpaired) electrons. The highest BCUT2D eigenvalue weighted by molar-refractivity contribution is 5.92. The lowest BCUT2D eigenvalue weighted by molar-refractivity contribution is 0.0779. The molecule has 0 aliphatic carbocycles. The molecule has 0 saturated carbocycles. The second-order valence-electron chi connectivity index (χ2n) is 5.74. The first-order valence-electron chi connectivity index (χ1n) is 7.37. The van der Waals surface area contributed by atoms with Crippen LogP contribution in [-0.4, -0.2) is 40.6 Å². The zero-order valence-electron chi connectivity index (χ0n) is 14.0. The Bertz CT molecular complexity index is 620. The predicted molar refractivity (Wildman–Crippen MR) is 98.6 cm³/mol. The van der Waals surface area contributed by atoms with Gasteiger partial charge in [-0.3, -0.25) is 9.78 Å². The molecule has 0 bridgehead atoms. The van der Waals surface area contributed by atoms with Crippen molar-refractivity contribution in [3.8, 4) is 11.3 Å². The van der Waals surface area contributed by atoms with Gasteiger partial charge in [-0.15, -0.1) is 24.8 Å². The van der Waals surface area contributed by atoms with Crippen molar-refractivity contribution in [2.45, 2.75) is 26.3 Å². The van der Waals surface area contributed by atoms with Crippen molar-refractivity contribution in [2.24, 2.45) is 11.7 Å². The summed E-state index contributed by atoms with van der Waals surface area (Å²) in [5.41, 5.74) is 7.14. The number of hydrogen-bond donors (Lipinski definition) is 1. The molecule has 2 rings (SSSR count). The van der Waals surface area contributed by atoms with Gasteiger partial charge in [-0.05, 0) is 24.5 Å². The Hall–Kier alpha value is -1.63. The molecule has 0 fully saturated rings. The number of nitrogens with zero attached hydrogens (tertiary/aromatic N) is 3. The van der Waals surface area contributed by atoms with Crippen molar-refractivity contribution in [3.05, 3.63) is 36.3 Å². The zero-order valence-corrected chi connectivity index (χ0v) is 15.6. The predicted octanol–water partition coefficient (Wildman–Crippen LogP) is 3.03. The molecular weight excluding hydrogens is 351 g/mol. The number of carbonyl (C=O) groups is 1. The summed E-state index contributed by atoms with van der Waals surface area (Å²) in [5, 5.41) is 3.86. The van der Waals surface area contributed by atoms with Gasteiger partial charge in [-0.2, -0.15) is 0 Å². The Morgan fingerprint density at radius 2 is 1.92 bits per heavy atom. The van der Waals surface area contributed by atoms with Crippen molar-refractivity contribution in [3.63, 3.8) is 0 Å². The van der Waals surface area contributed by atoms with Crippen LogP contribution in [0.1, 0.15) is 30.8 Å². The van der Waals surface area contributed by atoms with Gasteiger partial charge < -0.3 is 15.2 Å². The second-order valence-corrected chi connectivity index (χ2v) is 5.74. The van der Waals surface area contributed by atoms with Crippen LogP contribution in [0.3, 0.4) is 0 Å². The first-order chi connectivity index (χ1) is 10.5. The summed E-state index contributed by atoms with van der Waals surface area (Å²) >= 11 is 0. The summed E-state index contributed by atoms with van der Waals surface area (Å²) in [7, 11) is 1.75. The Labute approximate surface area is 154 Å². The van der Waals surface area contributed by atoms with Gasteiger partial charge in [0.05, 0.1) is 0 Å². The van der Waals surface area contributed by atoms with Crippen molar-refractivity contribution < 1.29 is 9.32 Å². The summed E-state index contributed by atoms with van der Waals surface area (Å²) in [6, 6.07) is 5.34. The topological polar surface area (TPSA) is 85.2 Å². The molecule has 0 aliphatic heterocycles. The number of amides is 1. The second kappa shape index (κ2) is 10.3. The van der Waals surface area contributed by atoms with Gasteiger partial charge in [0.25, 0.3) is 5.91 Å². The Morgan fingerprint density at radius 1 is 1.29 bits per heavy atom. The highest BCUT2D eigenvalue weighted by atomic mass is 35.5. The highest BCUT2D eigenvalue weighted by Crippen LogP contribution is 2.19. The monoisotopic (exact) mass is 374 g/mol. The summed E-state index contributed by atoms with van der Waals surface area (Å²) < 4.78 is 5.24. The molecule has 0 aromatic carbocycles. The minimum absolute atomic E-state index is 0. The average molecular weight is 375 g/mol. The number of aromatic nitrogens is 2. The van der Waals surface area contributed by atoms with Crippen LogP contribution in [0.5, 0.6) is 0 Å². The van der Waals surface area contributed by atoms with Crippen molar-refractivity contribution in [1.29, 1.82) is 0 Å². The van der Waals surface area contributed by atoms with Crippen molar-refractivity contribution >= 4 is 30.7 Å². The van der Waals surface area contributed by atoms with Crippen LogP contribution in [0.15, 0.2) is 35.1 Å². The van der Waals surface area contributed by atoms with E-state index in [2.05, 4.69) is 24.0 Å². The molecule has 1 unspecified atom stereocenters. The maximum atomic E-state index is 12.3. The van der Waals surface area contributed by atoms with E-state index in [1.165, 1.54) is 0 Å². The summed E-state index contributed by atoms with van der Waals surface area (Å²) in [6.07, 6.45) is 4.09.